The summed E-state index contributed by atoms with van der Waals surface area (Å²) in [6, 6.07) is 8.88. The average Bonchev–Trinajstić information content (AvgIpc) is 3.39. The Morgan fingerprint density at radius 1 is 1.12 bits per heavy atom. The number of anilines is 1. The van der Waals surface area contributed by atoms with Crippen molar-refractivity contribution in [3.63, 3.8) is 0 Å². The first-order valence-corrected chi connectivity index (χ1v) is 12.9. The number of benzene rings is 2. The molecular weight excluding hydrogens is 424 g/mol. The highest BCUT2D eigenvalue weighted by Gasteiger charge is 2.27. The molecule has 0 radical (unpaired) electrons. The van der Waals surface area contributed by atoms with E-state index in [-0.39, 0.29) is 0 Å². The molecule has 170 valence electrons. The van der Waals surface area contributed by atoms with E-state index in [1.165, 1.54) is 22.3 Å². The van der Waals surface area contributed by atoms with Crippen molar-refractivity contribution in [2.45, 2.75) is 56.1 Å². The van der Waals surface area contributed by atoms with Gasteiger partial charge in [-0.1, -0.05) is 18.2 Å². The maximum atomic E-state index is 13.1. The van der Waals surface area contributed by atoms with Crippen molar-refractivity contribution in [1.82, 2.24) is 4.90 Å². The van der Waals surface area contributed by atoms with Gasteiger partial charge in [0.25, 0.3) is 0 Å². The van der Waals surface area contributed by atoms with Gasteiger partial charge in [-0.2, -0.15) is 0 Å². The molecule has 2 aromatic carbocycles. The molecule has 0 saturated carbocycles. The topological polar surface area (TPSA) is 97.0 Å². The third-order valence-electron chi connectivity index (χ3n) is 6.85. The fraction of sp³-hybridized carbons (Fsp3) is 0.458. The van der Waals surface area contributed by atoms with Crippen LogP contribution in [0, 0.1) is 0 Å². The molecule has 0 unspecified atom stereocenters. The van der Waals surface area contributed by atoms with Crippen molar-refractivity contribution >= 4 is 21.6 Å². The lowest BCUT2D eigenvalue weighted by Crippen LogP contribution is -2.50. The minimum atomic E-state index is -3.33. The smallest absolute Gasteiger partial charge is 0.354 e. The van der Waals surface area contributed by atoms with Gasteiger partial charge in [0.05, 0.1) is 11.0 Å². The standard InChI is InChI=1S/C24H30N4O3S/c1-31-19-14-28(15-19)13-16-8-10-20(11-9-16)32(25,30)27-24(29)26-23-21-6-2-4-17(21)12-18-5-3-7-22(18)23/h8-12,19H,2-7,13-15H2,1H3,(H3,25,26,27,29,30)/t32-/m1/s1. The predicted molar refractivity (Wildman–Crippen MR) is 125 cm³/mol. The second-order valence-corrected chi connectivity index (χ2v) is 10.8. The number of nitrogens with one attached hydrogen (secondary N) is 1. The second-order valence-electron chi connectivity index (χ2n) is 9.02. The number of carbonyl (C=O) groups excluding carboxylic acids is 1. The Morgan fingerprint density at radius 3 is 2.34 bits per heavy atom. The van der Waals surface area contributed by atoms with Crippen LogP contribution in [0.15, 0.2) is 39.6 Å². The molecule has 8 heteroatoms. The number of hydrogen-bond acceptors (Lipinski definition) is 4. The summed E-state index contributed by atoms with van der Waals surface area (Å²) in [5, 5.41) is 8.96. The van der Waals surface area contributed by atoms with Crippen molar-refractivity contribution in [1.29, 1.82) is 0 Å². The van der Waals surface area contributed by atoms with E-state index >= 15 is 0 Å². The van der Waals surface area contributed by atoms with Crippen LogP contribution in [-0.4, -0.2) is 41.4 Å². The number of rotatable bonds is 5. The first-order chi connectivity index (χ1) is 15.4. The van der Waals surface area contributed by atoms with Crippen molar-refractivity contribution in [2.75, 3.05) is 25.5 Å². The number of ether oxygens (including phenoxy) is 1. The normalized spacial score (nSPS) is 19.7. The van der Waals surface area contributed by atoms with E-state index in [1.807, 2.05) is 12.1 Å². The van der Waals surface area contributed by atoms with Gasteiger partial charge in [0.2, 0.25) is 0 Å². The number of fused-ring (bicyclic) bond motifs is 2. The zero-order valence-electron chi connectivity index (χ0n) is 18.4. The number of carbonyl (C=O) groups is 1. The number of likely N-dealkylation sites (tertiary alicyclic amines) is 1. The highest BCUT2D eigenvalue weighted by atomic mass is 32.2. The van der Waals surface area contributed by atoms with Gasteiger partial charge in [-0.3, -0.25) is 4.90 Å². The quantitative estimate of drug-likeness (QED) is 0.723. The van der Waals surface area contributed by atoms with E-state index in [9.17, 15) is 9.00 Å². The zero-order chi connectivity index (χ0) is 22.3. The van der Waals surface area contributed by atoms with E-state index in [0.29, 0.717) is 11.0 Å². The Kier molecular flexibility index (Phi) is 5.79. The van der Waals surface area contributed by atoms with Gasteiger partial charge in [0.1, 0.15) is 9.92 Å². The molecule has 0 spiro atoms. The molecule has 32 heavy (non-hydrogen) atoms. The summed E-state index contributed by atoms with van der Waals surface area (Å²) in [4.78, 5) is 15.4. The lowest BCUT2D eigenvalue weighted by Gasteiger charge is -2.38. The molecule has 1 fully saturated rings. The van der Waals surface area contributed by atoms with E-state index in [4.69, 9.17) is 9.88 Å². The number of urea groups is 1. The number of amides is 2. The van der Waals surface area contributed by atoms with E-state index in [0.717, 1.165) is 69.4 Å². The van der Waals surface area contributed by atoms with Gasteiger partial charge in [-0.15, -0.1) is 4.36 Å². The molecular formula is C24H30N4O3S. The van der Waals surface area contributed by atoms with Gasteiger partial charge in [0, 0.05) is 32.4 Å². The molecule has 7 nitrogen and oxygen atoms in total. The maximum Gasteiger partial charge on any atom is 0.354 e. The lowest BCUT2D eigenvalue weighted by molar-refractivity contribution is -0.0334. The fourth-order valence-corrected chi connectivity index (χ4v) is 6.04. The van der Waals surface area contributed by atoms with E-state index in [2.05, 4.69) is 20.6 Å². The Balaban J connectivity index is 1.32. The number of nitrogens with two attached hydrogens (primary N) is 1. The van der Waals surface area contributed by atoms with Crippen LogP contribution in [0.2, 0.25) is 0 Å². The summed E-state index contributed by atoms with van der Waals surface area (Å²) >= 11 is 0. The van der Waals surface area contributed by atoms with Crippen LogP contribution in [0.4, 0.5) is 10.5 Å². The Hall–Kier alpha value is -2.26. The SMILES string of the molecule is COC1CN(Cc2ccc([S@](N)(=O)=NC(=O)Nc3c4c(cc5c3CCC5)CCC4)cc2)C1. The summed E-state index contributed by atoms with van der Waals surface area (Å²) in [5.74, 6) is 0. The number of hydrogen-bond donors (Lipinski definition) is 2. The summed E-state index contributed by atoms with van der Waals surface area (Å²) in [7, 11) is -1.60. The molecule has 0 aromatic heterocycles. The largest absolute Gasteiger partial charge is 0.379 e. The first kappa shape index (κ1) is 21.6. The monoisotopic (exact) mass is 454 g/mol. The van der Waals surface area contributed by atoms with Crippen LogP contribution in [0.1, 0.15) is 40.7 Å². The van der Waals surface area contributed by atoms with Crippen LogP contribution in [-0.2, 0) is 46.9 Å². The summed E-state index contributed by atoms with van der Waals surface area (Å²) in [6.07, 6.45) is 6.52. The molecule has 1 atom stereocenters. The number of methoxy groups -OCH3 is 1. The van der Waals surface area contributed by atoms with E-state index in [1.54, 1.807) is 19.2 Å². The van der Waals surface area contributed by atoms with Crippen molar-refractivity contribution in [3.05, 3.63) is 58.1 Å². The molecule has 0 bridgehead atoms. The minimum absolute atomic E-state index is 0.307. The third kappa shape index (κ3) is 4.20. The predicted octanol–water partition coefficient (Wildman–Crippen LogP) is 3.43. The van der Waals surface area contributed by atoms with Gasteiger partial charge in [-0.05, 0) is 78.5 Å². The molecule has 1 heterocycles. The van der Waals surface area contributed by atoms with Crippen molar-refractivity contribution in [2.24, 2.45) is 9.50 Å². The van der Waals surface area contributed by atoms with E-state index < -0.39 is 15.9 Å². The molecule has 5 rings (SSSR count). The summed E-state index contributed by atoms with van der Waals surface area (Å²) in [6.45, 7) is 2.62. The fourth-order valence-electron chi connectivity index (χ4n) is 5.12. The number of nitrogens with zero attached hydrogens (tertiary/aromatic N) is 2. The molecule has 3 aliphatic rings. The van der Waals surface area contributed by atoms with Crippen molar-refractivity contribution < 1.29 is 13.7 Å². The average molecular weight is 455 g/mol. The van der Waals surface area contributed by atoms with Crippen LogP contribution in [0.3, 0.4) is 0 Å². The molecule has 1 aliphatic heterocycles. The summed E-state index contributed by atoms with van der Waals surface area (Å²) in [5.41, 5.74) is 7.05. The highest BCUT2D eigenvalue weighted by molar-refractivity contribution is 7.91. The Bertz CT molecular complexity index is 1130. The lowest BCUT2D eigenvalue weighted by atomic mass is 9.99. The third-order valence-corrected chi connectivity index (χ3v) is 8.23. The number of aryl methyl sites for hydroxylation is 2. The minimum Gasteiger partial charge on any atom is -0.379 e. The Labute approximate surface area is 189 Å². The maximum absolute atomic E-state index is 13.1. The molecule has 1 saturated heterocycles. The summed E-state index contributed by atoms with van der Waals surface area (Å²) < 4.78 is 22.3. The molecule has 3 N–H and O–H groups in total. The van der Waals surface area contributed by atoms with Crippen LogP contribution in [0.5, 0.6) is 0 Å². The van der Waals surface area contributed by atoms with Gasteiger partial charge in [0.15, 0.2) is 0 Å². The molecule has 2 amide bonds. The highest BCUT2D eigenvalue weighted by Crippen LogP contribution is 2.38. The first-order valence-electron chi connectivity index (χ1n) is 11.3. The van der Waals surface area contributed by atoms with Crippen molar-refractivity contribution in [3.8, 4) is 0 Å². The second kappa shape index (κ2) is 8.59. The molecule has 2 aliphatic carbocycles. The van der Waals surface area contributed by atoms with Crippen LogP contribution in [0.25, 0.3) is 0 Å². The van der Waals surface area contributed by atoms with Gasteiger partial charge >= 0.3 is 6.03 Å². The Morgan fingerprint density at radius 2 is 1.75 bits per heavy atom. The van der Waals surface area contributed by atoms with Gasteiger partial charge < -0.3 is 10.1 Å². The van der Waals surface area contributed by atoms with Gasteiger partial charge in [-0.25, -0.2) is 14.1 Å². The van der Waals surface area contributed by atoms with Crippen LogP contribution < -0.4 is 10.5 Å². The zero-order valence-corrected chi connectivity index (χ0v) is 19.2. The van der Waals surface area contributed by atoms with Crippen LogP contribution >= 0.6 is 0 Å². The molecule has 2 aromatic rings.